The Bertz CT molecular complexity index is 506. The molecule has 0 bridgehead atoms. The Morgan fingerprint density at radius 1 is 1.32 bits per heavy atom. The highest BCUT2D eigenvalue weighted by atomic mass is 16.5. The van der Waals surface area contributed by atoms with Crippen LogP contribution >= 0.6 is 0 Å². The molecule has 0 aliphatic rings. The van der Waals surface area contributed by atoms with Gasteiger partial charge < -0.3 is 20.2 Å². The summed E-state index contributed by atoms with van der Waals surface area (Å²) in [6, 6.07) is 8.11. The number of rotatable bonds is 6. The summed E-state index contributed by atoms with van der Waals surface area (Å²) >= 11 is 0. The molecule has 1 aromatic heterocycles. The number of benzene rings is 1. The van der Waals surface area contributed by atoms with Gasteiger partial charge in [-0.25, -0.2) is 0 Å². The van der Waals surface area contributed by atoms with Crippen molar-refractivity contribution in [1.29, 1.82) is 0 Å². The molecule has 102 valence electrons. The second-order valence-electron chi connectivity index (χ2n) is 4.70. The van der Waals surface area contributed by atoms with Gasteiger partial charge in [0, 0.05) is 12.2 Å². The van der Waals surface area contributed by atoms with E-state index in [9.17, 15) is 0 Å². The lowest BCUT2D eigenvalue weighted by Gasteiger charge is -2.09. The van der Waals surface area contributed by atoms with E-state index in [0.717, 1.165) is 17.1 Å². The van der Waals surface area contributed by atoms with Gasteiger partial charge in [-0.3, -0.25) is 0 Å². The minimum Gasteiger partial charge on any atom is -0.493 e. The molecule has 0 saturated carbocycles. The largest absolute Gasteiger partial charge is 0.493 e. The van der Waals surface area contributed by atoms with Crippen molar-refractivity contribution in [3.05, 3.63) is 36.2 Å². The molecule has 0 unspecified atom stereocenters. The minimum atomic E-state index is 0.368. The Labute approximate surface area is 112 Å². The Kier molecular flexibility index (Phi) is 4.41. The van der Waals surface area contributed by atoms with Crippen molar-refractivity contribution in [2.45, 2.75) is 20.4 Å². The first kappa shape index (κ1) is 13.4. The molecule has 2 rings (SSSR count). The number of hydrogen-bond donors (Lipinski definition) is 2. The SMILES string of the molecule is CC(C)COc1ccc(Nc2nc(CN)co2)cc1. The average Bonchev–Trinajstić information content (AvgIpc) is 2.85. The molecule has 0 spiro atoms. The summed E-state index contributed by atoms with van der Waals surface area (Å²) in [5.74, 6) is 1.37. The van der Waals surface area contributed by atoms with E-state index in [0.29, 0.717) is 25.1 Å². The molecule has 0 aliphatic heterocycles. The molecule has 2 aromatic rings. The quantitative estimate of drug-likeness (QED) is 0.836. The second-order valence-corrected chi connectivity index (χ2v) is 4.70. The van der Waals surface area contributed by atoms with Gasteiger partial charge in [-0.2, -0.15) is 4.98 Å². The maximum Gasteiger partial charge on any atom is 0.299 e. The molecule has 0 radical (unpaired) electrons. The van der Waals surface area contributed by atoms with E-state index in [-0.39, 0.29) is 0 Å². The molecule has 0 fully saturated rings. The average molecular weight is 261 g/mol. The van der Waals surface area contributed by atoms with E-state index in [1.54, 1.807) is 6.26 Å². The molecule has 3 N–H and O–H groups in total. The van der Waals surface area contributed by atoms with Gasteiger partial charge in [0.05, 0.1) is 12.3 Å². The fourth-order valence-electron chi connectivity index (χ4n) is 1.48. The Balaban J connectivity index is 1.94. The van der Waals surface area contributed by atoms with Crippen LogP contribution < -0.4 is 15.8 Å². The van der Waals surface area contributed by atoms with Crippen molar-refractivity contribution in [2.75, 3.05) is 11.9 Å². The predicted molar refractivity (Wildman–Crippen MR) is 74.5 cm³/mol. The van der Waals surface area contributed by atoms with Gasteiger partial charge in [0.15, 0.2) is 0 Å². The third-order valence-corrected chi connectivity index (χ3v) is 2.45. The monoisotopic (exact) mass is 261 g/mol. The highest BCUT2D eigenvalue weighted by Crippen LogP contribution is 2.20. The second kappa shape index (κ2) is 6.24. The molecule has 1 aromatic carbocycles. The maximum absolute atomic E-state index is 5.61. The number of oxazole rings is 1. The predicted octanol–water partition coefficient (Wildman–Crippen LogP) is 2.91. The third kappa shape index (κ3) is 3.99. The lowest BCUT2D eigenvalue weighted by molar-refractivity contribution is 0.271. The molecule has 0 saturated heterocycles. The van der Waals surface area contributed by atoms with Gasteiger partial charge in [-0.05, 0) is 30.2 Å². The topological polar surface area (TPSA) is 73.3 Å². The number of anilines is 2. The van der Waals surface area contributed by atoms with Crippen molar-refractivity contribution in [3.8, 4) is 5.75 Å². The van der Waals surface area contributed by atoms with E-state index < -0.39 is 0 Å². The van der Waals surface area contributed by atoms with Crippen LogP contribution in [0.4, 0.5) is 11.7 Å². The Morgan fingerprint density at radius 2 is 2.05 bits per heavy atom. The van der Waals surface area contributed by atoms with Crippen LogP contribution in [0, 0.1) is 5.92 Å². The fraction of sp³-hybridized carbons (Fsp3) is 0.357. The highest BCUT2D eigenvalue weighted by molar-refractivity contribution is 5.53. The van der Waals surface area contributed by atoms with Gasteiger partial charge in [0.2, 0.25) is 0 Å². The van der Waals surface area contributed by atoms with E-state index in [2.05, 4.69) is 24.1 Å². The number of nitrogens with two attached hydrogens (primary N) is 1. The van der Waals surface area contributed by atoms with Crippen molar-refractivity contribution < 1.29 is 9.15 Å². The smallest absolute Gasteiger partial charge is 0.299 e. The molecular weight excluding hydrogens is 242 g/mol. The van der Waals surface area contributed by atoms with Crippen molar-refractivity contribution in [3.63, 3.8) is 0 Å². The normalized spacial score (nSPS) is 10.7. The van der Waals surface area contributed by atoms with Crippen LogP contribution in [0.25, 0.3) is 0 Å². The summed E-state index contributed by atoms with van der Waals surface area (Å²) in [4.78, 5) is 4.17. The van der Waals surface area contributed by atoms with Crippen molar-refractivity contribution in [1.82, 2.24) is 4.98 Å². The van der Waals surface area contributed by atoms with Gasteiger partial charge in [-0.1, -0.05) is 13.8 Å². The van der Waals surface area contributed by atoms with Crippen LogP contribution in [0.5, 0.6) is 5.75 Å². The van der Waals surface area contributed by atoms with E-state index >= 15 is 0 Å². The molecular formula is C14H19N3O2. The van der Waals surface area contributed by atoms with Crippen LogP contribution in [0.2, 0.25) is 0 Å². The number of hydrogen-bond acceptors (Lipinski definition) is 5. The van der Waals surface area contributed by atoms with Crippen LogP contribution in [0.3, 0.4) is 0 Å². The lowest BCUT2D eigenvalue weighted by Crippen LogP contribution is -2.04. The number of ether oxygens (including phenoxy) is 1. The summed E-state index contributed by atoms with van der Waals surface area (Å²) in [7, 11) is 0. The first-order valence-electron chi connectivity index (χ1n) is 6.31. The fourth-order valence-corrected chi connectivity index (χ4v) is 1.48. The summed E-state index contributed by atoms with van der Waals surface area (Å²) in [5, 5.41) is 3.06. The van der Waals surface area contributed by atoms with Crippen LogP contribution in [-0.2, 0) is 6.54 Å². The van der Waals surface area contributed by atoms with Crippen molar-refractivity contribution >= 4 is 11.7 Å². The third-order valence-electron chi connectivity index (χ3n) is 2.45. The van der Waals surface area contributed by atoms with Crippen molar-refractivity contribution in [2.24, 2.45) is 11.7 Å². The first-order valence-corrected chi connectivity index (χ1v) is 6.31. The Morgan fingerprint density at radius 3 is 2.63 bits per heavy atom. The van der Waals surface area contributed by atoms with E-state index in [1.807, 2.05) is 24.3 Å². The summed E-state index contributed by atoms with van der Waals surface area (Å²) in [6.07, 6.45) is 1.54. The van der Waals surface area contributed by atoms with Gasteiger partial charge in [0.25, 0.3) is 6.01 Å². The summed E-state index contributed by atoms with van der Waals surface area (Å²) in [5.41, 5.74) is 7.08. The zero-order valence-corrected chi connectivity index (χ0v) is 11.2. The zero-order valence-electron chi connectivity index (χ0n) is 11.2. The van der Waals surface area contributed by atoms with Crippen LogP contribution in [0.15, 0.2) is 34.9 Å². The number of nitrogens with zero attached hydrogens (tertiary/aromatic N) is 1. The molecule has 0 amide bonds. The lowest BCUT2D eigenvalue weighted by atomic mass is 10.2. The van der Waals surface area contributed by atoms with E-state index in [1.165, 1.54) is 0 Å². The molecule has 19 heavy (non-hydrogen) atoms. The van der Waals surface area contributed by atoms with Gasteiger partial charge in [-0.15, -0.1) is 0 Å². The van der Waals surface area contributed by atoms with Crippen LogP contribution in [0.1, 0.15) is 19.5 Å². The number of aromatic nitrogens is 1. The summed E-state index contributed by atoms with van der Waals surface area (Å²) in [6.45, 7) is 5.32. The van der Waals surface area contributed by atoms with Crippen LogP contribution in [-0.4, -0.2) is 11.6 Å². The molecule has 0 atom stereocenters. The standard InChI is InChI=1S/C14H19N3O2/c1-10(2)8-18-13-5-3-11(4-6-13)16-14-17-12(7-15)9-19-14/h3-6,9-10H,7-8,15H2,1-2H3,(H,16,17). The van der Waals surface area contributed by atoms with Gasteiger partial charge in [0.1, 0.15) is 12.0 Å². The zero-order chi connectivity index (χ0) is 13.7. The molecule has 5 nitrogen and oxygen atoms in total. The first-order chi connectivity index (χ1) is 9.17. The van der Waals surface area contributed by atoms with Gasteiger partial charge >= 0.3 is 0 Å². The maximum atomic E-state index is 5.61. The number of nitrogens with one attached hydrogen (secondary N) is 1. The molecule has 1 heterocycles. The molecule has 0 aliphatic carbocycles. The molecule has 5 heteroatoms. The van der Waals surface area contributed by atoms with E-state index in [4.69, 9.17) is 14.9 Å². The minimum absolute atomic E-state index is 0.368. The summed E-state index contributed by atoms with van der Waals surface area (Å²) < 4.78 is 10.8. The Hall–Kier alpha value is -2.01. The highest BCUT2D eigenvalue weighted by Gasteiger charge is 2.03.